The fourth-order valence-corrected chi connectivity index (χ4v) is 2.72. The molecule has 0 saturated carbocycles. The molecule has 2 aromatic heterocycles. The standard InChI is InChI=1S/C13H19N5OS/c1-8-11(20-7-15-8)5-17(4)12(19)6-18-10(3)13(14)9(2)16-18/h7H,5-6,14H2,1-4H3. The first-order valence-electron chi connectivity index (χ1n) is 6.32. The predicted octanol–water partition coefficient (Wildman–Crippen LogP) is 1.51. The molecule has 2 heterocycles. The molecule has 0 aliphatic heterocycles. The normalized spacial score (nSPS) is 10.8. The number of carbonyl (C=O) groups excluding carboxylic acids is 1. The molecule has 0 aliphatic rings. The van der Waals surface area contributed by atoms with Gasteiger partial charge in [-0.15, -0.1) is 11.3 Å². The second kappa shape index (κ2) is 5.62. The van der Waals surface area contributed by atoms with Gasteiger partial charge < -0.3 is 10.6 Å². The Kier molecular flexibility index (Phi) is 4.08. The molecule has 0 aromatic carbocycles. The minimum absolute atomic E-state index is 0.00315. The number of carbonyl (C=O) groups is 1. The quantitative estimate of drug-likeness (QED) is 0.927. The zero-order valence-corrected chi connectivity index (χ0v) is 13.0. The first-order chi connectivity index (χ1) is 9.40. The van der Waals surface area contributed by atoms with Crippen molar-refractivity contribution in [1.82, 2.24) is 19.7 Å². The van der Waals surface area contributed by atoms with E-state index in [-0.39, 0.29) is 12.5 Å². The molecule has 0 fully saturated rings. The Morgan fingerprint density at radius 2 is 2.10 bits per heavy atom. The van der Waals surface area contributed by atoms with Gasteiger partial charge in [0.1, 0.15) is 6.54 Å². The lowest BCUT2D eigenvalue weighted by Crippen LogP contribution is -2.30. The highest BCUT2D eigenvalue weighted by atomic mass is 32.1. The van der Waals surface area contributed by atoms with Crippen molar-refractivity contribution >= 4 is 22.9 Å². The summed E-state index contributed by atoms with van der Waals surface area (Å²) in [5.74, 6) is 0.00315. The molecule has 6 nitrogen and oxygen atoms in total. The van der Waals surface area contributed by atoms with Gasteiger partial charge in [0.15, 0.2) is 0 Å². The largest absolute Gasteiger partial charge is 0.396 e. The number of anilines is 1. The van der Waals surface area contributed by atoms with Gasteiger partial charge in [0.2, 0.25) is 5.91 Å². The maximum absolute atomic E-state index is 12.2. The number of nitrogens with zero attached hydrogens (tertiary/aromatic N) is 4. The van der Waals surface area contributed by atoms with Crippen LogP contribution in [-0.2, 0) is 17.9 Å². The molecule has 0 unspecified atom stereocenters. The van der Waals surface area contributed by atoms with E-state index in [1.54, 1.807) is 33.5 Å². The molecule has 0 atom stereocenters. The number of hydrogen-bond acceptors (Lipinski definition) is 5. The van der Waals surface area contributed by atoms with Gasteiger partial charge in [0.05, 0.1) is 34.8 Å². The smallest absolute Gasteiger partial charge is 0.244 e. The number of thiazole rings is 1. The van der Waals surface area contributed by atoms with Crippen LogP contribution in [-0.4, -0.2) is 32.6 Å². The fourth-order valence-electron chi connectivity index (χ4n) is 1.90. The average Bonchev–Trinajstić information content (AvgIpc) is 2.90. The van der Waals surface area contributed by atoms with Crippen molar-refractivity contribution < 1.29 is 4.79 Å². The Hall–Kier alpha value is -1.89. The Bertz CT molecular complexity index is 631. The highest BCUT2D eigenvalue weighted by molar-refractivity contribution is 7.09. The lowest BCUT2D eigenvalue weighted by atomic mass is 10.3. The third kappa shape index (κ3) is 2.82. The van der Waals surface area contributed by atoms with E-state index in [2.05, 4.69) is 10.1 Å². The molecule has 108 valence electrons. The molecule has 2 rings (SSSR count). The van der Waals surface area contributed by atoms with E-state index in [0.29, 0.717) is 12.2 Å². The molecule has 0 saturated heterocycles. The minimum Gasteiger partial charge on any atom is -0.396 e. The van der Waals surface area contributed by atoms with Crippen LogP contribution in [0.5, 0.6) is 0 Å². The summed E-state index contributed by atoms with van der Waals surface area (Å²) < 4.78 is 1.66. The molecular formula is C13H19N5OS. The van der Waals surface area contributed by atoms with Crippen LogP contribution in [0, 0.1) is 20.8 Å². The molecule has 0 spiro atoms. The van der Waals surface area contributed by atoms with Crippen molar-refractivity contribution in [2.24, 2.45) is 0 Å². The third-order valence-corrected chi connectivity index (χ3v) is 4.29. The zero-order chi connectivity index (χ0) is 14.9. The van der Waals surface area contributed by atoms with Crippen LogP contribution in [0.15, 0.2) is 5.51 Å². The molecule has 2 aromatic rings. The van der Waals surface area contributed by atoms with Gasteiger partial charge in [0.25, 0.3) is 0 Å². The summed E-state index contributed by atoms with van der Waals surface area (Å²) in [6, 6.07) is 0. The summed E-state index contributed by atoms with van der Waals surface area (Å²) in [6.45, 7) is 6.44. The third-order valence-electron chi connectivity index (χ3n) is 3.37. The van der Waals surface area contributed by atoms with Gasteiger partial charge in [-0.25, -0.2) is 4.98 Å². The Morgan fingerprint density at radius 1 is 1.40 bits per heavy atom. The van der Waals surface area contributed by atoms with Gasteiger partial charge >= 0.3 is 0 Å². The van der Waals surface area contributed by atoms with Gasteiger partial charge in [-0.1, -0.05) is 0 Å². The summed E-state index contributed by atoms with van der Waals surface area (Å²) in [6.07, 6.45) is 0. The van der Waals surface area contributed by atoms with E-state index in [0.717, 1.165) is 22.0 Å². The summed E-state index contributed by atoms with van der Waals surface area (Å²) in [5, 5.41) is 4.28. The molecule has 20 heavy (non-hydrogen) atoms. The summed E-state index contributed by atoms with van der Waals surface area (Å²) in [4.78, 5) is 19.2. The monoisotopic (exact) mass is 293 g/mol. The SMILES string of the molecule is Cc1ncsc1CN(C)C(=O)Cn1nc(C)c(N)c1C. The number of likely N-dealkylation sites (N-methyl/N-ethyl adjacent to an activating group) is 1. The molecule has 1 amide bonds. The fraction of sp³-hybridized carbons (Fsp3) is 0.462. The summed E-state index contributed by atoms with van der Waals surface area (Å²) >= 11 is 1.56. The van der Waals surface area contributed by atoms with Gasteiger partial charge in [-0.3, -0.25) is 9.48 Å². The van der Waals surface area contributed by atoms with Gasteiger partial charge in [0, 0.05) is 11.9 Å². The number of nitrogen functional groups attached to an aromatic ring is 1. The Labute approximate surface area is 122 Å². The van der Waals surface area contributed by atoms with E-state index >= 15 is 0 Å². The topological polar surface area (TPSA) is 77.0 Å². The molecule has 0 aliphatic carbocycles. The van der Waals surface area contributed by atoms with Gasteiger partial charge in [-0.2, -0.15) is 5.10 Å². The van der Waals surface area contributed by atoms with E-state index < -0.39 is 0 Å². The highest BCUT2D eigenvalue weighted by Gasteiger charge is 2.16. The van der Waals surface area contributed by atoms with Crippen molar-refractivity contribution in [2.45, 2.75) is 33.9 Å². The van der Waals surface area contributed by atoms with Crippen molar-refractivity contribution in [3.8, 4) is 0 Å². The zero-order valence-electron chi connectivity index (χ0n) is 12.2. The number of hydrogen-bond donors (Lipinski definition) is 1. The molecule has 7 heteroatoms. The number of aromatic nitrogens is 3. The second-order valence-electron chi connectivity index (χ2n) is 4.85. The van der Waals surface area contributed by atoms with Crippen molar-refractivity contribution in [1.29, 1.82) is 0 Å². The Balaban J connectivity index is 2.04. The van der Waals surface area contributed by atoms with Crippen molar-refractivity contribution in [3.05, 3.63) is 27.5 Å². The maximum Gasteiger partial charge on any atom is 0.244 e. The summed E-state index contributed by atoms with van der Waals surface area (Å²) in [7, 11) is 1.79. The average molecular weight is 293 g/mol. The predicted molar refractivity (Wildman–Crippen MR) is 79.4 cm³/mol. The van der Waals surface area contributed by atoms with Crippen LogP contribution in [0.25, 0.3) is 0 Å². The molecule has 2 N–H and O–H groups in total. The molecule has 0 bridgehead atoms. The highest BCUT2D eigenvalue weighted by Crippen LogP contribution is 2.16. The second-order valence-corrected chi connectivity index (χ2v) is 5.79. The van der Waals surface area contributed by atoms with E-state index in [1.807, 2.05) is 20.8 Å². The van der Waals surface area contributed by atoms with Crippen LogP contribution >= 0.6 is 11.3 Å². The van der Waals surface area contributed by atoms with Crippen molar-refractivity contribution in [2.75, 3.05) is 12.8 Å². The number of aryl methyl sites for hydroxylation is 2. The number of nitrogens with two attached hydrogens (primary N) is 1. The maximum atomic E-state index is 12.2. The first kappa shape index (κ1) is 14.5. The lowest BCUT2D eigenvalue weighted by molar-refractivity contribution is -0.131. The molecular weight excluding hydrogens is 274 g/mol. The lowest BCUT2D eigenvalue weighted by Gasteiger charge is -2.17. The van der Waals surface area contributed by atoms with Gasteiger partial charge in [-0.05, 0) is 20.8 Å². The van der Waals surface area contributed by atoms with Crippen LogP contribution in [0.3, 0.4) is 0 Å². The molecule has 0 radical (unpaired) electrons. The Morgan fingerprint density at radius 3 is 2.60 bits per heavy atom. The van der Waals surface area contributed by atoms with E-state index in [9.17, 15) is 4.79 Å². The first-order valence-corrected chi connectivity index (χ1v) is 7.20. The van der Waals surface area contributed by atoms with Crippen LogP contribution in [0.1, 0.15) is 22.0 Å². The van der Waals surface area contributed by atoms with Crippen molar-refractivity contribution in [3.63, 3.8) is 0 Å². The number of rotatable bonds is 4. The summed E-state index contributed by atoms with van der Waals surface area (Å²) in [5.41, 5.74) is 10.9. The van der Waals surface area contributed by atoms with E-state index in [1.165, 1.54) is 0 Å². The van der Waals surface area contributed by atoms with Crippen LogP contribution < -0.4 is 5.73 Å². The minimum atomic E-state index is 0.00315. The van der Waals surface area contributed by atoms with E-state index in [4.69, 9.17) is 5.73 Å². The van der Waals surface area contributed by atoms with Crippen LogP contribution in [0.4, 0.5) is 5.69 Å². The van der Waals surface area contributed by atoms with Crippen LogP contribution in [0.2, 0.25) is 0 Å². The number of amides is 1.